The molecule has 0 aromatic carbocycles. The zero-order chi connectivity index (χ0) is 16.5. The van der Waals surface area contributed by atoms with Gasteiger partial charge in [0.25, 0.3) is 10.1 Å². The first-order chi connectivity index (χ1) is 9.24. The standard InChI is InChI=1S/C12H23F3O4SSi/c1-20(16,17)18-9-10-6-5-7-11(8-10,12(13,14)15)19-21(2,3)4/h10H,5-9H2,1-4H3. The molecule has 0 aromatic heterocycles. The highest BCUT2D eigenvalue weighted by Gasteiger charge is 2.58. The molecule has 1 aliphatic carbocycles. The fourth-order valence-electron chi connectivity index (χ4n) is 2.70. The van der Waals surface area contributed by atoms with Crippen LogP contribution in [0.3, 0.4) is 0 Å². The molecule has 0 saturated heterocycles. The average Bonchev–Trinajstić information content (AvgIpc) is 2.22. The average molecular weight is 348 g/mol. The van der Waals surface area contributed by atoms with Gasteiger partial charge in [-0.05, 0) is 51.2 Å². The molecule has 1 saturated carbocycles. The minimum Gasteiger partial charge on any atom is -0.404 e. The van der Waals surface area contributed by atoms with Crippen LogP contribution in [0.1, 0.15) is 25.7 Å². The Balaban J connectivity index is 2.89. The number of hydrogen-bond acceptors (Lipinski definition) is 4. The largest absolute Gasteiger partial charge is 0.416 e. The van der Waals surface area contributed by atoms with Crippen LogP contribution in [0.4, 0.5) is 13.2 Å². The number of hydrogen-bond donors (Lipinski definition) is 0. The highest BCUT2D eigenvalue weighted by atomic mass is 32.2. The van der Waals surface area contributed by atoms with E-state index in [1.54, 1.807) is 19.6 Å². The summed E-state index contributed by atoms with van der Waals surface area (Å²) in [6, 6.07) is 0. The third kappa shape index (κ3) is 5.88. The van der Waals surface area contributed by atoms with Crippen molar-refractivity contribution < 1.29 is 30.2 Å². The van der Waals surface area contributed by atoms with Gasteiger partial charge in [0.1, 0.15) is 0 Å². The van der Waals surface area contributed by atoms with Crippen LogP contribution in [0.15, 0.2) is 0 Å². The van der Waals surface area contributed by atoms with Crippen LogP contribution in [-0.4, -0.2) is 41.4 Å². The van der Waals surface area contributed by atoms with Crippen molar-refractivity contribution in [2.24, 2.45) is 5.92 Å². The summed E-state index contributed by atoms with van der Waals surface area (Å²) in [4.78, 5) is 0. The van der Waals surface area contributed by atoms with Crippen LogP contribution >= 0.6 is 0 Å². The summed E-state index contributed by atoms with van der Waals surface area (Å²) in [6.45, 7) is 4.94. The summed E-state index contributed by atoms with van der Waals surface area (Å²) in [5.74, 6) is -0.466. The number of rotatable bonds is 5. The molecule has 0 N–H and O–H groups in total. The van der Waals surface area contributed by atoms with Crippen molar-refractivity contribution >= 4 is 18.4 Å². The molecule has 0 aromatic rings. The van der Waals surface area contributed by atoms with E-state index < -0.39 is 36.1 Å². The van der Waals surface area contributed by atoms with E-state index in [0.717, 1.165) is 6.26 Å². The van der Waals surface area contributed by atoms with Gasteiger partial charge in [0.05, 0.1) is 12.9 Å². The van der Waals surface area contributed by atoms with E-state index in [9.17, 15) is 21.6 Å². The van der Waals surface area contributed by atoms with Crippen molar-refractivity contribution in [1.29, 1.82) is 0 Å². The Labute approximate surface area is 125 Å². The van der Waals surface area contributed by atoms with Crippen molar-refractivity contribution in [1.82, 2.24) is 0 Å². The molecule has 0 spiro atoms. The second-order valence-electron chi connectivity index (χ2n) is 6.66. The monoisotopic (exact) mass is 348 g/mol. The van der Waals surface area contributed by atoms with E-state index in [1.807, 2.05) is 0 Å². The predicted octanol–water partition coefficient (Wildman–Crippen LogP) is 3.31. The van der Waals surface area contributed by atoms with Gasteiger partial charge in [-0.1, -0.05) is 0 Å². The van der Waals surface area contributed by atoms with E-state index in [4.69, 9.17) is 4.43 Å². The Kier molecular flexibility index (Phi) is 5.56. The number of alkyl halides is 3. The molecule has 1 aliphatic rings. The lowest BCUT2D eigenvalue weighted by Crippen LogP contribution is -2.56. The summed E-state index contributed by atoms with van der Waals surface area (Å²) in [7, 11) is -6.04. The lowest BCUT2D eigenvalue weighted by molar-refractivity contribution is -0.266. The van der Waals surface area contributed by atoms with Gasteiger partial charge < -0.3 is 4.43 Å². The number of halogens is 3. The molecule has 1 rings (SSSR count). The van der Waals surface area contributed by atoms with E-state index >= 15 is 0 Å². The van der Waals surface area contributed by atoms with Gasteiger partial charge in [-0.15, -0.1) is 0 Å². The zero-order valence-electron chi connectivity index (χ0n) is 12.8. The van der Waals surface area contributed by atoms with E-state index in [2.05, 4.69) is 4.18 Å². The van der Waals surface area contributed by atoms with Crippen molar-refractivity contribution in [3.8, 4) is 0 Å². The Bertz CT molecular complexity index is 458. The van der Waals surface area contributed by atoms with Gasteiger partial charge in [-0.3, -0.25) is 4.18 Å². The van der Waals surface area contributed by atoms with Crippen molar-refractivity contribution in [2.45, 2.75) is 57.1 Å². The van der Waals surface area contributed by atoms with Crippen LogP contribution in [0.25, 0.3) is 0 Å². The van der Waals surface area contributed by atoms with Gasteiger partial charge in [0, 0.05) is 0 Å². The van der Waals surface area contributed by atoms with E-state index in [1.165, 1.54) is 0 Å². The molecule has 0 aliphatic heterocycles. The highest BCUT2D eigenvalue weighted by molar-refractivity contribution is 7.85. The van der Waals surface area contributed by atoms with Gasteiger partial charge >= 0.3 is 6.18 Å². The molecule has 4 nitrogen and oxygen atoms in total. The Hall–Kier alpha value is -0.123. The molecule has 2 atom stereocenters. The molecule has 0 amide bonds. The molecule has 126 valence electrons. The van der Waals surface area contributed by atoms with Crippen LogP contribution in [-0.2, 0) is 18.7 Å². The fraction of sp³-hybridized carbons (Fsp3) is 1.00. The maximum absolute atomic E-state index is 13.5. The van der Waals surface area contributed by atoms with Gasteiger partial charge in [-0.25, -0.2) is 0 Å². The summed E-state index contributed by atoms with van der Waals surface area (Å²) in [6.07, 6.45) is -3.01. The molecule has 2 unspecified atom stereocenters. The molecule has 0 radical (unpaired) electrons. The van der Waals surface area contributed by atoms with Crippen LogP contribution < -0.4 is 0 Å². The van der Waals surface area contributed by atoms with Crippen LogP contribution in [0.5, 0.6) is 0 Å². The summed E-state index contributed by atoms with van der Waals surface area (Å²) in [5, 5.41) is 0. The maximum atomic E-state index is 13.5. The van der Waals surface area contributed by atoms with Crippen molar-refractivity contribution in [3.05, 3.63) is 0 Å². The lowest BCUT2D eigenvalue weighted by atomic mass is 9.78. The molecule has 0 bridgehead atoms. The Morgan fingerprint density at radius 1 is 1.29 bits per heavy atom. The van der Waals surface area contributed by atoms with Gasteiger partial charge in [0.2, 0.25) is 0 Å². The lowest BCUT2D eigenvalue weighted by Gasteiger charge is -2.45. The minimum absolute atomic E-state index is 0.0733. The fourth-order valence-corrected chi connectivity index (χ4v) is 4.62. The van der Waals surface area contributed by atoms with E-state index in [0.29, 0.717) is 12.8 Å². The summed E-state index contributed by atoms with van der Waals surface area (Å²) >= 11 is 0. The minimum atomic E-state index is -4.46. The van der Waals surface area contributed by atoms with Crippen LogP contribution in [0.2, 0.25) is 19.6 Å². The quantitative estimate of drug-likeness (QED) is 0.565. The molecular formula is C12H23F3O4SSi. The SMILES string of the molecule is C[Si](C)(C)OC1(C(F)(F)F)CCCC(COS(C)(=O)=O)C1. The molecule has 21 heavy (non-hydrogen) atoms. The molecule has 9 heteroatoms. The third-order valence-electron chi connectivity index (χ3n) is 3.35. The first kappa shape index (κ1) is 18.9. The van der Waals surface area contributed by atoms with Gasteiger partial charge in [0.15, 0.2) is 13.9 Å². The normalized spacial score (nSPS) is 28.6. The first-order valence-corrected chi connectivity index (χ1v) is 12.1. The predicted molar refractivity (Wildman–Crippen MR) is 76.0 cm³/mol. The maximum Gasteiger partial charge on any atom is 0.416 e. The topological polar surface area (TPSA) is 52.6 Å². The first-order valence-electron chi connectivity index (χ1n) is 6.85. The van der Waals surface area contributed by atoms with Gasteiger partial charge in [-0.2, -0.15) is 21.6 Å². The summed E-state index contributed by atoms with van der Waals surface area (Å²) in [5.41, 5.74) is -2.17. The van der Waals surface area contributed by atoms with Crippen molar-refractivity contribution in [2.75, 3.05) is 12.9 Å². The Morgan fingerprint density at radius 2 is 1.86 bits per heavy atom. The Morgan fingerprint density at radius 3 is 2.29 bits per heavy atom. The third-order valence-corrected chi connectivity index (χ3v) is 4.91. The molecule has 1 fully saturated rings. The van der Waals surface area contributed by atoms with E-state index in [-0.39, 0.29) is 19.4 Å². The molecule has 0 heterocycles. The highest BCUT2D eigenvalue weighted by Crippen LogP contribution is 2.47. The summed E-state index contributed by atoms with van der Waals surface area (Å²) < 4.78 is 72.7. The second kappa shape index (κ2) is 6.17. The smallest absolute Gasteiger partial charge is 0.404 e. The van der Waals surface area contributed by atoms with Crippen molar-refractivity contribution in [3.63, 3.8) is 0 Å². The zero-order valence-corrected chi connectivity index (χ0v) is 14.6. The van der Waals surface area contributed by atoms with Crippen LogP contribution in [0, 0.1) is 5.92 Å². The second-order valence-corrected chi connectivity index (χ2v) is 12.7. The molecular weight excluding hydrogens is 325 g/mol.